The third kappa shape index (κ3) is 4.74. The third-order valence-electron chi connectivity index (χ3n) is 4.30. The molecule has 1 atom stereocenters. The van der Waals surface area contributed by atoms with Gasteiger partial charge < -0.3 is 9.64 Å². The second-order valence-corrected chi connectivity index (χ2v) is 6.22. The fraction of sp³-hybridized carbons (Fsp3) is 0.556. The molecule has 4 nitrogen and oxygen atoms in total. The van der Waals surface area contributed by atoms with Crippen molar-refractivity contribution >= 4 is 11.9 Å². The predicted molar refractivity (Wildman–Crippen MR) is 85.9 cm³/mol. The summed E-state index contributed by atoms with van der Waals surface area (Å²) in [6, 6.07) is 0.789. The highest BCUT2D eigenvalue weighted by Gasteiger charge is 2.38. The molecule has 0 saturated carbocycles. The molecule has 1 heterocycles. The number of esters is 1. The number of carbonyl (C=O) groups is 2. The summed E-state index contributed by atoms with van der Waals surface area (Å²) in [5.41, 5.74) is -1.80. The SMILES string of the molecule is CCCCCOC(=O)C1CCCN1C(=O)c1cc(C(F)(F)F)ccc1F. The molecule has 1 unspecified atom stereocenters. The predicted octanol–water partition coefficient (Wildman–Crippen LogP) is 4.18. The molecule has 2 rings (SSSR count). The lowest BCUT2D eigenvalue weighted by Crippen LogP contribution is -2.41. The number of rotatable bonds is 6. The van der Waals surface area contributed by atoms with Crippen LogP contribution in [0.25, 0.3) is 0 Å². The number of amides is 1. The standard InChI is InChI=1S/C18H21F4NO3/c1-2-3-4-10-26-17(25)15-6-5-9-23(15)16(24)13-11-12(18(20,21)22)7-8-14(13)19/h7-8,11,15H,2-6,9-10H2,1H3. The Morgan fingerprint density at radius 3 is 2.65 bits per heavy atom. The van der Waals surface area contributed by atoms with Gasteiger partial charge in [0, 0.05) is 6.54 Å². The highest BCUT2D eigenvalue weighted by molar-refractivity contribution is 5.97. The van der Waals surface area contributed by atoms with Crippen molar-refractivity contribution in [3.63, 3.8) is 0 Å². The van der Waals surface area contributed by atoms with Crippen molar-refractivity contribution in [2.24, 2.45) is 0 Å². The maximum absolute atomic E-state index is 13.9. The molecule has 0 N–H and O–H groups in total. The monoisotopic (exact) mass is 375 g/mol. The van der Waals surface area contributed by atoms with Gasteiger partial charge in [-0.05, 0) is 37.5 Å². The maximum Gasteiger partial charge on any atom is 0.416 e. The molecule has 1 fully saturated rings. The van der Waals surface area contributed by atoms with Crippen LogP contribution in [0, 0.1) is 5.82 Å². The highest BCUT2D eigenvalue weighted by Crippen LogP contribution is 2.31. The number of unbranched alkanes of at least 4 members (excludes halogenated alkanes) is 2. The molecule has 1 amide bonds. The zero-order valence-corrected chi connectivity index (χ0v) is 14.4. The lowest BCUT2D eigenvalue weighted by molar-refractivity contribution is -0.148. The molecule has 1 aromatic rings. The average molecular weight is 375 g/mol. The van der Waals surface area contributed by atoms with E-state index in [1.807, 2.05) is 6.92 Å². The van der Waals surface area contributed by atoms with E-state index in [2.05, 4.69) is 0 Å². The van der Waals surface area contributed by atoms with Crippen LogP contribution in [0.1, 0.15) is 54.9 Å². The number of carbonyl (C=O) groups excluding carboxylic acids is 2. The zero-order chi connectivity index (χ0) is 19.3. The van der Waals surface area contributed by atoms with E-state index in [9.17, 15) is 27.2 Å². The molecular weight excluding hydrogens is 354 g/mol. The van der Waals surface area contributed by atoms with Crippen LogP contribution in [-0.4, -0.2) is 36.0 Å². The van der Waals surface area contributed by atoms with E-state index >= 15 is 0 Å². The van der Waals surface area contributed by atoms with Gasteiger partial charge in [-0.25, -0.2) is 9.18 Å². The van der Waals surface area contributed by atoms with Crippen LogP contribution in [0.4, 0.5) is 17.6 Å². The molecule has 1 aliphatic rings. The van der Waals surface area contributed by atoms with Gasteiger partial charge in [0.25, 0.3) is 5.91 Å². The summed E-state index contributed by atoms with van der Waals surface area (Å²) in [5.74, 6) is -2.58. The van der Waals surface area contributed by atoms with Crippen LogP contribution in [-0.2, 0) is 15.7 Å². The van der Waals surface area contributed by atoms with E-state index in [1.54, 1.807) is 0 Å². The van der Waals surface area contributed by atoms with Gasteiger partial charge in [0.15, 0.2) is 0 Å². The number of hydrogen-bond donors (Lipinski definition) is 0. The van der Waals surface area contributed by atoms with Gasteiger partial charge in [0.2, 0.25) is 0 Å². The minimum Gasteiger partial charge on any atom is -0.464 e. The number of alkyl halides is 3. The van der Waals surface area contributed by atoms with Crippen molar-refractivity contribution < 1.29 is 31.9 Å². The van der Waals surface area contributed by atoms with Crippen molar-refractivity contribution in [3.8, 4) is 0 Å². The topological polar surface area (TPSA) is 46.6 Å². The average Bonchev–Trinajstić information content (AvgIpc) is 3.07. The minimum atomic E-state index is -4.69. The number of hydrogen-bond acceptors (Lipinski definition) is 3. The van der Waals surface area contributed by atoms with E-state index in [-0.39, 0.29) is 13.2 Å². The highest BCUT2D eigenvalue weighted by atomic mass is 19.4. The summed E-state index contributed by atoms with van der Waals surface area (Å²) >= 11 is 0. The quantitative estimate of drug-likeness (QED) is 0.426. The van der Waals surface area contributed by atoms with E-state index in [1.165, 1.54) is 0 Å². The molecule has 26 heavy (non-hydrogen) atoms. The number of nitrogens with zero attached hydrogens (tertiary/aromatic N) is 1. The van der Waals surface area contributed by atoms with Crippen LogP contribution >= 0.6 is 0 Å². The molecule has 0 aliphatic carbocycles. The number of likely N-dealkylation sites (tertiary alicyclic amines) is 1. The Morgan fingerprint density at radius 1 is 1.27 bits per heavy atom. The van der Waals surface area contributed by atoms with Gasteiger partial charge in [-0.2, -0.15) is 13.2 Å². The Labute approximate surface area is 149 Å². The Morgan fingerprint density at radius 2 is 2.00 bits per heavy atom. The Hall–Kier alpha value is -2.12. The van der Waals surface area contributed by atoms with Crippen molar-refractivity contribution in [3.05, 3.63) is 35.1 Å². The summed E-state index contributed by atoms with van der Waals surface area (Å²) in [4.78, 5) is 25.8. The second-order valence-electron chi connectivity index (χ2n) is 6.22. The summed E-state index contributed by atoms with van der Waals surface area (Å²) in [7, 11) is 0. The largest absolute Gasteiger partial charge is 0.464 e. The van der Waals surface area contributed by atoms with Gasteiger partial charge in [0.05, 0.1) is 17.7 Å². The van der Waals surface area contributed by atoms with Crippen LogP contribution in [0.3, 0.4) is 0 Å². The molecule has 0 radical (unpaired) electrons. The zero-order valence-electron chi connectivity index (χ0n) is 14.4. The first-order valence-corrected chi connectivity index (χ1v) is 8.60. The number of halogens is 4. The lowest BCUT2D eigenvalue weighted by Gasteiger charge is -2.24. The lowest BCUT2D eigenvalue weighted by atomic mass is 10.1. The van der Waals surface area contributed by atoms with Gasteiger partial charge >= 0.3 is 12.1 Å². The first-order valence-electron chi connectivity index (χ1n) is 8.60. The summed E-state index contributed by atoms with van der Waals surface area (Å²) in [6.07, 6.45) is -1.28. The van der Waals surface area contributed by atoms with Gasteiger partial charge in [-0.1, -0.05) is 19.8 Å². The first-order chi connectivity index (χ1) is 12.3. The maximum atomic E-state index is 13.9. The van der Waals surface area contributed by atoms with Crippen LogP contribution in [0.2, 0.25) is 0 Å². The van der Waals surface area contributed by atoms with Crippen LogP contribution in [0.5, 0.6) is 0 Å². The number of benzene rings is 1. The Kier molecular flexibility index (Phi) is 6.61. The van der Waals surface area contributed by atoms with Crippen molar-refractivity contribution in [2.75, 3.05) is 13.2 Å². The van der Waals surface area contributed by atoms with E-state index in [4.69, 9.17) is 4.74 Å². The number of ether oxygens (including phenoxy) is 1. The molecular formula is C18H21F4NO3. The molecule has 8 heteroatoms. The fourth-order valence-corrected chi connectivity index (χ4v) is 2.90. The third-order valence-corrected chi connectivity index (χ3v) is 4.30. The molecule has 144 valence electrons. The smallest absolute Gasteiger partial charge is 0.416 e. The van der Waals surface area contributed by atoms with Crippen LogP contribution < -0.4 is 0 Å². The normalized spacial score (nSPS) is 17.4. The van der Waals surface area contributed by atoms with Gasteiger partial charge in [-0.3, -0.25) is 4.79 Å². The van der Waals surface area contributed by atoms with E-state index < -0.39 is 41.0 Å². The van der Waals surface area contributed by atoms with Gasteiger partial charge in [-0.15, -0.1) is 0 Å². The van der Waals surface area contributed by atoms with Crippen molar-refractivity contribution in [1.29, 1.82) is 0 Å². The molecule has 1 aromatic carbocycles. The molecule has 1 saturated heterocycles. The summed E-state index contributed by atoms with van der Waals surface area (Å²) in [5, 5.41) is 0. The van der Waals surface area contributed by atoms with E-state index in [0.29, 0.717) is 37.5 Å². The fourth-order valence-electron chi connectivity index (χ4n) is 2.90. The van der Waals surface area contributed by atoms with Crippen molar-refractivity contribution in [1.82, 2.24) is 4.90 Å². The van der Waals surface area contributed by atoms with E-state index in [0.717, 1.165) is 17.7 Å². The van der Waals surface area contributed by atoms with Gasteiger partial charge in [0.1, 0.15) is 11.9 Å². The second kappa shape index (κ2) is 8.51. The molecule has 0 spiro atoms. The summed E-state index contributed by atoms with van der Waals surface area (Å²) < 4.78 is 57.6. The Balaban J connectivity index is 2.14. The Bertz CT molecular complexity index is 660. The summed E-state index contributed by atoms with van der Waals surface area (Å²) in [6.45, 7) is 2.40. The molecule has 0 aromatic heterocycles. The first kappa shape index (κ1) is 20.2. The van der Waals surface area contributed by atoms with Crippen molar-refractivity contribution in [2.45, 2.75) is 51.2 Å². The molecule has 0 bridgehead atoms. The van der Waals surface area contributed by atoms with Crippen LogP contribution in [0.15, 0.2) is 18.2 Å². The molecule has 1 aliphatic heterocycles. The minimum absolute atomic E-state index is 0.170.